The first-order valence-electron chi connectivity index (χ1n) is 11.6. The maximum absolute atomic E-state index is 12.5. The summed E-state index contributed by atoms with van der Waals surface area (Å²) in [5, 5.41) is 5.98. The molecule has 3 fully saturated rings. The van der Waals surface area contributed by atoms with E-state index in [1.54, 1.807) is 6.07 Å². The van der Waals surface area contributed by atoms with Gasteiger partial charge in [-0.05, 0) is 50.7 Å². The van der Waals surface area contributed by atoms with Crippen molar-refractivity contribution in [3.63, 3.8) is 0 Å². The Morgan fingerprint density at radius 2 is 1.87 bits per heavy atom. The van der Waals surface area contributed by atoms with Gasteiger partial charge in [0.2, 0.25) is 11.8 Å². The van der Waals surface area contributed by atoms with Gasteiger partial charge in [0.25, 0.3) is 5.91 Å². The zero-order valence-corrected chi connectivity index (χ0v) is 18.1. The lowest BCUT2D eigenvalue weighted by molar-refractivity contribution is -0.132. The van der Waals surface area contributed by atoms with Crippen LogP contribution in [-0.4, -0.2) is 52.8 Å². The number of likely N-dealkylation sites (tertiary alicyclic amines) is 1. The van der Waals surface area contributed by atoms with E-state index in [9.17, 15) is 14.4 Å². The minimum Gasteiger partial charge on any atom is -0.383 e. The molecule has 4 rings (SSSR count). The quantitative estimate of drug-likeness (QED) is 0.643. The summed E-state index contributed by atoms with van der Waals surface area (Å²) >= 11 is 0. The topological polar surface area (TPSA) is 117 Å². The van der Waals surface area contributed by atoms with Crippen LogP contribution in [0.3, 0.4) is 0 Å². The fraction of sp³-hybridized carbons (Fsp3) is 0.652. The predicted octanol–water partition coefficient (Wildman–Crippen LogP) is 2.10. The van der Waals surface area contributed by atoms with Crippen molar-refractivity contribution in [1.82, 2.24) is 20.5 Å². The van der Waals surface area contributed by atoms with E-state index < -0.39 is 0 Å². The fourth-order valence-electron chi connectivity index (χ4n) is 5.02. The van der Waals surface area contributed by atoms with Crippen LogP contribution in [0.4, 0.5) is 5.82 Å². The van der Waals surface area contributed by atoms with Crippen molar-refractivity contribution in [3.8, 4) is 0 Å². The number of carbonyl (C=O) groups excluding carboxylic acids is 3. The smallest absolute Gasteiger partial charge is 0.255 e. The highest BCUT2D eigenvalue weighted by molar-refractivity contribution is 5.98. The first-order valence-corrected chi connectivity index (χ1v) is 11.6. The van der Waals surface area contributed by atoms with Crippen LogP contribution in [0.15, 0.2) is 12.1 Å². The van der Waals surface area contributed by atoms with E-state index in [2.05, 4.69) is 15.6 Å². The van der Waals surface area contributed by atoms with E-state index in [1.807, 2.05) is 11.0 Å². The van der Waals surface area contributed by atoms with Crippen molar-refractivity contribution in [2.45, 2.75) is 82.2 Å². The lowest BCUT2D eigenvalue weighted by atomic mass is 9.92. The third kappa shape index (κ3) is 5.35. The van der Waals surface area contributed by atoms with Crippen molar-refractivity contribution >= 4 is 23.5 Å². The van der Waals surface area contributed by atoms with E-state index >= 15 is 0 Å². The molecule has 2 aliphatic heterocycles. The molecule has 3 amide bonds. The number of pyridine rings is 1. The molecule has 8 nitrogen and oxygen atoms in total. The third-order valence-electron chi connectivity index (χ3n) is 6.94. The predicted molar refractivity (Wildman–Crippen MR) is 117 cm³/mol. The van der Waals surface area contributed by atoms with Crippen molar-refractivity contribution in [2.24, 2.45) is 0 Å². The minimum atomic E-state index is -0.137. The number of anilines is 1. The summed E-state index contributed by atoms with van der Waals surface area (Å²) in [6.45, 7) is 1.40. The molecule has 168 valence electrons. The zero-order valence-electron chi connectivity index (χ0n) is 18.1. The number of hydrogen-bond donors (Lipinski definition) is 3. The van der Waals surface area contributed by atoms with Crippen LogP contribution in [-0.2, 0) is 9.59 Å². The number of nitrogen functional groups attached to an aromatic ring is 1. The van der Waals surface area contributed by atoms with Gasteiger partial charge in [-0.3, -0.25) is 14.4 Å². The summed E-state index contributed by atoms with van der Waals surface area (Å²) in [5.74, 6) is 0.637. The van der Waals surface area contributed by atoms with E-state index in [1.165, 1.54) is 0 Å². The number of carbonyl (C=O) groups is 3. The molecule has 4 N–H and O–H groups in total. The molecule has 0 radical (unpaired) electrons. The van der Waals surface area contributed by atoms with Crippen LogP contribution >= 0.6 is 0 Å². The SMILES string of the molecule is Nc1nc(C2CCN(C(=O)CC[C@H]3CCC(=O)N3)CC2)ccc1C(=O)NC1CCCC1. The van der Waals surface area contributed by atoms with Crippen LogP contribution in [0, 0.1) is 0 Å². The number of aromatic nitrogens is 1. The summed E-state index contributed by atoms with van der Waals surface area (Å²) in [7, 11) is 0. The van der Waals surface area contributed by atoms with Gasteiger partial charge in [0.15, 0.2) is 0 Å². The van der Waals surface area contributed by atoms with Crippen molar-refractivity contribution in [1.29, 1.82) is 0 Å². The Morgan fingerprint density at radius 1 is 1.13 bits per heavy atom. The molecule has 1 saturated carbocycles. The number of piperidine rings is 1. The van der Waals surface area contributed by atoms with Gasteiger partial charge in [-0.2, -0.15) is 0 Å². The summed E-state index contributed by atoms with van der Waals surface area (Å²) in [6, 6.07) is 4.09. The normalized spacial score (nSPS) is 22.5. The lowest BCUT2D eigenvalue weighted by Crippen LogP contribution is -2.39. The van der Waals surface area contributed by atoms with Crippen LogP contribution < -0.4 is 16.4 Å². The molecular weight excluding hydrogens is 394 g/mol. The minimum absolute atomic E-state index is 0.0899. The molecule has 2 saturated heterocycles. The Labute approximate surface area is 183 Å². The highest BCUT2D eigenvalue weighted by Gasteiger charge is 2.27. The van der Waals surface area contributed by atoms with Gasteiger partial charge < -0.3 is 21.3 Å². The molecule has 8 heteroatoms. The number of rotatable bonds is 6. The second-order valence-electron chi connectivity index (χ2n) is 9.12. The van der Waals surface area contributed by atoms with Crippen LogP contribution in [0.25, 0.3) is 0 Å². The summed E-state index contributed by atoms with van der Waals surface area (Å²) in [6.07, 6.45) is 8.66. The monoisotopic (exact) mass is 427 g/mol. The van der Waals surface area contributed by atoms with Gasteiger partial charge in [0, 0.05) is 49.6 Å². The molecule has 0 bridgehead atoms. The van der Waals surface area contributed by atoms with Crippen molar-refractivity contribution in [3.05, 3.63) is 23.4 Å². The first kappa shape index (κ1) is 21.6. The van der Waals surface area contributed by atoms with Crippen LogP contribution in [0.2, 0.25) is 0 Å². The average Bonchev–Trinajstić information content (AvgIpc) is 3.43. The standard InChI is InChI=1S/C23H33N5O3/c24-22-18(23(31)26-16-3-1-2-4-16)7-8-19(27-22)15-11-13-28(14-12-15)21(30)10-6-17-5-9-20(29)25-17/h7-8,15-17H,1-6,9-14H2,(H2,24,27)(H,25,29)(H,26,31)/t17-/m1/s1. The number of hydrogen-bond acceptors (Lipinski definition) is 5. The maximum atomic E-state index is 12.5. The largest absolute Gasteiger partial charge is 0.383 e. The zero-order chi connectivity index (χ0) is 21.8. The van der Waals surface area contributed by atoms with Gasteiger partial charge in [-0.1, -0.05) is 12.8 Å². The second-order valence-corrected chi connectivity index (χ2v) is 9.12. The maximum Gasteiger partial charge on any atom is 0.255 e. The van der Waals surface area contributed by atoms with Gasteiger partial charge >= 0.3 is 0 Å². The second kappa shape index (κ2) is 9.66. The fourth-order valence-corrected chi connectivity index (χ4v) is 5.02. The Morgan fingerprint density at radius 3 is 2.52 bits per heavy atom. The highest BCUT2D eigenvalue weighted by Crippen LogP contribution is 2.29. The van der Waals surface area contributed by atoms with Gasteiger partial charge in [0.1, 0.15) is 5.82 Å². The summed E-state index contributed by atoms with van der Waals surface area (Å²) in [4.78, 5) is 42.8. The highest BCUT2D eigenvalue weighted by atomic mass is 16.2. The molecule has 0 aromatic carbocycles. The van der Waals surface area contributed by atoms with E-state index in [0.29, 0.717) is 37.9 Å². The Kier molecular flexibility index (Phi) is 6.73. The Balaban J connectivity index is 1.26. The average molecular weight is 428 g/mol. The molecule has 0 spiro atoms. The molecule has 1 aromatic rings. The third-order valence-corrected chi connectivity index (χ3v) is 6.94. The van der Waals surface area contributed by atoms with Crippen LogP contribution in [0.5, 0.6) is 0 Å². The van der Waals surface area contributed by atoms with Crippen LogP contribution in [0.1, 0.15) is 86.2 Å². The van der Waals surface area contributed by atoms with Gasteiger partial charge in [-0.15, -0.1) is 0 Å². The number of nitrogens with one attached hydrogen (secondary N) is 2. The first-order chi connectivity index (χ1) is 15.0. The molecule has 1 aliphatic carbocycles. The van der Waals surface area contributed by atoms with Crippen molar-refractivity contribution in [2.75, 3.05) is 18.8 Å². The Bertz CT molecular complexity index is 829. The molecule has 1 atom stereocenters. The lowest BCUT2D eigenvalue weighted by Gasteiger charge is -2.32. The molecule has 31 heavy (non-hydrogen) atoms. The summed E-state index contributed by atoms with van der Waals surface area (Å²) in [5.41, 5.74) is 7.47. The molecule has 1 aromatic heterocycles. The molecular formula is C23H33N5O3. The Hall–Kier alpha value is -2.64. The van der Waals surface area contributed by atoms with E-state index in [4.69, 9.17) is 5.73 Å². The number of nitrogens with two attached hydrogens (primary N) is 1. The molecule has 3 heterocycles. The van der Waals surface area contributed by atoms with Crippen molar-refractivity contribution < 1.29 is 14.4 Å². The number of amides is 3. The molecule has 3 aliphatic rings. The van der Waals surface area contributed by atoms with Gasteiger partial charge in [-0.25, -0.2) is 4.98 Å². The van der Waals surface area contributed by atoms with E-state index in [-0.39, 0.29) is 41.5 Å². The molecule has 0 unspecified atom stereocenters. The number of nitrogens with zero attached hydrogens (tertiary/aromatic N) is 2. The summed E-state index contributed by atoms with van der Waals surface area (Å²) < 4.78 is 0. The van der Waals surface area contributed by atoms with E-state index in [0.717, 1.165) is 50.6 Å². The van der Waals surface area contributed by atoms with Gasteiger partial charge in [0.05, 0.1) is 5.56 Å².